The van der Waals surface area contributed by atoms with E-state index < -0.39 is 11.6 Å². The molecular formula is C44H65N3O5. The van der Waals surface area contributed by atoms with Crippen molar-refractivity contribution in [2.75, 3.05) is 39.3 Å². The van der Waals surface area contributed by atoms with E-state index in [0.29, 0.717) is 66.1 Å². The van der Waals surface area contributed by atoms with Crippen LogP contribution in [0.2, 0.25) is 0 Å². The van der Waals surface area contributed by atoms with Crippen LogP contribution in [0.1, 0.15) is 129 Å². The third kappa shape index (κ3) is 6.30. The summed E-state index contributed by atoms with van der Waals surface area (Å²) in [6.07, 6.45) is 14.0. The maximum absolute atomic E-state index is 14.2. The van der Waals surface area contributed by atoms with Gasteiger partial charge in [0.25, 0.3) is 0 Å². The minimum atomic E-state index is -0.875. The number of carbonyl (C=O) groups excluding carboxylic acids is 2. The number of nitrogens with one attached hydrogen (secondary N) is 1. The summed E-state index contributed by atoms with van der Waals surface area (Å²) in [5.41, 5.74) is 2.73. The highest BCUT2D eigenvalue weighted by Crippen LogP contribution is 2.73. The van der Waals surface area contributed by atoms with Crippen LogP contribution < -0.4 is 5.32 Å². The molecule has 0 spiro atoms. The van der Waals surface area contributed by atoms with E-state index in [4.69, 9.17) is 4.74 Å². The second-order valence-electron chi connectivity index (χ2n) is 19.7. The van der Waals surface area contributed by atoms with E-state index in [9.17, 15) is 19.5 Å². The van der Waals surface area contributed by atoms with E-state index >= 15 is 0 Å². The van der Waals surface area contributed by atoms with Crippen LogP contribution in [0.15, 0.2) is 30.3 Å². The number of fused-ring (bicyclic) bond motifs is 7. The smallest absolute Gasteiger partial charge is 0.410 e. The van der Waals surface area contributed by atoms with E-state index in [0.717, 1.165) is 44.5 Å². The third-order valence-electron chi connectivity index (χ3n) is 15.7. The standard InChI is InChI=1S/C44H65N3O5/c1-40(2,3)52-39(51)47-27-25-46(26-28-47)24-23-45-38(50)44-19-8-9-34(44)31-14-15-36-42(6,33(31)17-22-44)21-18-35-41(4,5)32(16-20-43(35,36)7)29-10-12-30(13-11-29)37(48)49/h10-13,16,31,33-36H,8-9,14-15,17-28H2,1-7H3,(H,45,50)(H,48,49)/t31-,33?,34?,35?,36?,42-,43-,44-/m0/s1. The van der Waals surface area contributed by atoms with Crippen LogP contribution in [0.3, 0.4) is 0 Å². The maximum atomic E-state index is 14.2. The summed E-state index contributed by atoms with van der Waals surface area (Å²) in [5.74, 6) is 2.51. The average Bonchev–Trinajstić information content (AvgIpc) is 3.54. The molecule has 7 rings (SSSR count). The zero-order valence-electron chi connectivity index (χ0n) is 33.1. The molecule has 8 atom stereocenters. The number of nitrogens with zero attached hydrogens (tertiary/aromatic N) is 2. The maximum Gasteiger partial charge on any atom is 0.410 e. The van der Waals surface area contributed by atoms with E-state index in [2.05, 4.69) is 44.0 Å². The van der Waals surface area contributed by atoms with Gasteiger partial charge in [0.1, 0.15) is 5.60 Å². The third-order valence-corrected chi connectivity index (χ3v) is 15.7. The van der Waals surface area contributed by atoms with Gasteiger partial charge in [0, 0.05) is 39.3 Å². The van der Waals surface area contributed by atoms with Crippen LogP contribution in [0.4, 0.5) is 4.79 Å². The lowest BCUT2D eigenvalue weighted by Gasteiger charge is -2.68. The molecule has 1 saturated heterocycles. The number of carboxylic acid groups (broad SMARTS) is 1. The van der Waals surface area contributed by atoms with Crippen LogP contribution in [0.5, 0.6) is 0 Å². The Bertz CT molecular complexity index is 1570. The molecule has 5 aliphatic carbocycles. The molecule has 2 N–H and O–H groups in total. The number of amides is 2. The number of benzene rings is 1. The van der Waals surface area contributed by atoms with Crippen LogP contribution in [-0.2, 0) is 9.53 Å². The molecule has 5 fully saturated rings. The van der Waals surface area contributed by atoms with Crippen LogP contribution in [0.25, 0.3) is 5.57 Å². The normalized spacial score (nSPS) is 37.1. The lowest BCUT2D eigenvalue weighted by molar-refractivity contribution is -0.181. The fourth-order valence-corrected chi connectivity index (χ4v) is 13.5. The topological polar surface area (TPSA) is 99.2 Å². The molecule has 1 aromatic rings. The van der Waals surface area contributed by atoms with Gasteiger partial charge in [0.2, 0.25) is 5.91 Å². The summed E-state index contributed by atoms with van der Waals surface area (Å²) < 4.78 is 5.56. The predicted molar refractivity (Wildman–Crippen MR) is 205 cm³/mol. The van der Waals surface area contributed by atoms with Crippen molar-refractivity contribution in [3.05, 3.63) is 41.5 Å². The van der Waals surface area contributed by atoms with Crippen molar-refractivity contribution in [3.8, 4) is 0 Å². The molecule has 52 heavy (non-hydrogen) atoms. The van der Waals surface area contributed by atoms with Crippen molar-refractivity contribution in [1.82, 2.24) is 15.1 Å². The minimum Gasteiger partial charge on any atom is -0.478 e. The molecule has 2 amide bonds. The molecule has 6 aliphatic rings. The Morgan fingerprint density at radius 2 is 1.56 bits per heavy atom. The Labute approximate surface area is 312 Å². The van der Waals surface area contributed by atoms with Gasteiger partial charge in [-0.3, -0.25) is 9.69 Å². The highest BCUT2D eigenvalue weighted by atomic mass is 16.6. The number of hydrogen-bond acceptors (Lipinski definition) is 5. The zero-order valence-corrected chi connectivity index (χ0v) is 33.1. The van der Waals surface area contributed by atoms with E-state index in [1.807, 2.05) is 32.9 Å². The summed E-state index contributed by atoms with van der Waals surface area (Å²) in [6, 6.07) is 7.54. The summed E-state index contributed by atoms with van der Waals surface area (Å²) in [7, 11) is 0. The van der Waals surface area contributed by atoms with Gasteiger partial charge >= 0.3 is 12.1 Å². The van der Waals surface area contributed by atoms with Gasteiger partial charge in [0.15, 0.2) is 0 Å². The average molecular weight is 716 g/mol. The molecule has 0 bridgehead atoms. The lowest BCUT2D eigenvalue weighted by atomic mass is 9.36. The first kappa shape index (κ1) is 37.4. The lowest BCUT2D eigenvalue weighted by Crippen LogP contribution is -2.62. The summed E-state index contributed by atoms with van der Waals surface area (Å²) in [6.45, 7) is 20.3. The van der Waals surface area contributed by atoms with Crippen molar-refractivity contribution in [3.63, 3.8) is 0 Å². The zero-order chi connectivity index (χ0) is 37.3. The Morgan fingerprint density at radius 3 is 2.23 bits per heavy atom. The quantitative estimate of drug-likeness (QED) is 0.307. The molecule has 0 radical (unpaired) electrons. The Balaban J connectivity index is 0.996. The Morgan fingerprint density at radius 1 is 0.846 bits per heavy atom. The summed E-state index contributed by atoms with van der Waals surface area (Å²) in [5, 5.41) is 12.9. The van der Waals surface area contributed by atoms with Crippen LogP contribution >= 0.6 is 0 Å². The number of carbonyl (C=O) groups is 3. The van der Waals surface area contributed by atoms with Crippen LogP contribution in [0, 0.1) is 51.2 Å². The Hall–Kier alpha value is -2.87. The van der Waals surface area contributed by atoms with Crippen molar-refractivity contribution >= 4 is 23.5 Å². The molecule has 1 aliphatic heterocycles. The first-order valence-electron chi connectivity index (χ1n) is 20.5. The van der Waals surface area contributed by atoms with E-state index in [-0.39, 0.29) is 22.3 Å². The number of hydrogen-bond donors (Lipinski definition) is 2. The number of aromatic carboxylic acids is 1. The number of piperazine rings is 1. The first-order chi connectivity index (χ1) is 24.5. The fourth-order valence-electron chi connectivity index (χ4n) is 13.5. The number of ether oxygens (including phenoxy) is 1. The monoisotopic (exact) mass is 715 g/mol. The second kappa shape index (κ2) is 13.5. The number of carboxylic acids is 1. The molecule has 8 nitrogen and oxygen atoms in total. The molecule has 1 heterocycles. The highest BCUT2D eigenvalue weighted by Gasteiger charge is 2.66. The predicted octanol–water partition coefficient (Wildman–Crippen LogP) is 8.51. The molecule has 4 saturated carbocycles. The molecule has 0 aromatic heterocycles. The fraction of sp³-hybridized carbons (Fsp3) is 0.750. The van der Waals surface area contributed by atoms with Gasteiger partial charge < -0.3 is 20.1 Å². The van der Waals surface area contributed by atoms with Gasteiger partial charge in [-0.25, -0.2) is 9.59 Å². The van der Waals surface area contributed by atoms with Gasteiger partial charge in [0.05, 0.1) is 11.0 Å². The van der Waals surface area contributed by atoms with Crippen LogP contribution in [-0.4, -0.2) is 77.7 Å². The molecule has 8 heteroatoms. The molecule has 4 unspecified atom stereocenters. The molecular weight excluding hydrogens is 651 g/mol. The van der Waals surface area contributed by atoms with Gasteiger partial charge in [-0.2, -0.15) is 0 Å². The van der Waals surface area contributed by atoms with Crippen molar-refractivity contribution in [2.45, 2.75) is 118 Å². The molecule has 1 aromatic carbocycles. The second-order valence-corrected chi connectivity index (χ2v) is 19.7. The van der Waals surface area contributed by atoms with Crippen molar-refractivity contribution < 1.29 is 24.2 Å². The van der Waals surface area contributed by atoms with Gasteiger partial charge in [-0.05, 0) is 148 Å². The SMILES string of the molecule is CC(C)(C)OC(=O)N1CCN(CCNC(=O)[C@]23CCCC2[C@H]2CCC4[C@@](C)(CCC5C(C)(C)C(c6ccc(C(=O)O)cc6)=CC[C@@]54C)C2CC3)CC1. The van der Waals surface area contributed by atoms with Crippen molar-refractivity contribution in [1.29, 1.82) is 0 Å². The largest absolute Gasteiger partial charge is 0.478 e. The van der Waals surface area contributed by atoms with Gasteiger partial charge in [-0.15, -0.1) is 0 Å². The number of rotatable bonds is 6. The highest BCUT2D eigenvalue weighted by molar-refractivity contribution is 5.88. The van der Waals surface area contributed by atoms with Gasteiger partial charge in [-0.1, -0.05) is 52.3 Å². The minimum absolute atomic E-state index is 0.00680. The van der Waals surface area contributed by atoms with E-state index in [1.165, 1.54) is 50.5 Å². The Kier molecular flexibility index (Phi) is 9.69. The number of allylic oxidation sites excluding steroid dienone is 2. The molecule has 286 valence electrons. The van der Waals surface area contributed by atoms with Crippen molar-refractivity contribution in [2.24, 2.45) is 51.2 Å². The first-order valence-corrected chi connectivity index (χ1v) is 20.5. The van der Waals surface area contributed by atoms with E-state index in [1.54, 1.807) is 17.0 Å². The summed E-state index contributed by atoms with van der Waals surface area (Å²) >= 11 is 0. The summed E-state index contributed by atoms with van der Waals surface area (Å²) in [4.78, 5) is 42.4.